The van der Waals surface area contributed by atoms with Crippen LogP contribution in [0.3, 0.4) is 0 Å². The number of carbonyl (C=O) groups is 1. The number of hydrogen-bond acceptors (Lipinski definition) is 4. The molecule has 21 heavy (non-hydrogen) atoms. The minimum absolute atomic E-state index is 0.182. The van der Waals surface area contributed by atoms with Gasteiger partial charge in [0.2, 0.25) is 0 Å². The first kappa shape index (κ1) is 15.3. The molecule has 0 aliphatic carbocycles. The van der Waals surface area contributed by atoms with E-state index in [1.165, 1.54) is 0 Å². The van der Waals surface area contributed by atoms with Crippen molar-refractivity contribution in [2.45, 2.75) is 6.42 Å². The van der Waals surface area contributed by atoms with Gasteiger partial charge in [0.1, 0.15) is 5.75 Å². The molecule has 0 atom stereocenters. The smallest absolute Gasteiger partial charge is 0.274 e. The highest BCUT2D eigenvalue weighted by molar-refractivity contribution is 6.29. The van der Waals surface area contributed by atoms with Crippen molar-refractivity contribution in [1.29, 1.82) is 0 Å². The first-order valence-corrected chi connectivity index (χ1v) is 6.97. The van der Waals surface area contributed by atoms with Gasteiger partial charge in [-0.2, -0.15) is 0 Å². The molecular formula is C15H16ClN3O2. The lowest BCUT2D eigenvalue weighted by Crippen LogP contribution is -2.29. The first-order chi connectivity index (χ1) is 10.2. The lowest BCUT2D eigenvalue weighted by molar-refractivity contribution is 0.0781. The highest BCUT2D eigenvalue weighted by Crippen LogP contribution is 2.09. The Hall–Kier alpha value is -2.14. The summed E-state index contributed by atoms with van der Waals surface area (Å²) in [5, 5.41) is 7.70. The number of hydrogen-bond donors (Lipinski definition) is 0. The summed E-state index contributed by atoms with van der Waals surface area (Å²) in [6.45, 7) is 1.13. The maximum Gasteiger partial charge on any atom is 0.274 e. The minimum Gasteiger partial charge on any atom is -0.494 e. The summed E-state index contributed by atoms with van der Waals surface area (Å²) in [7, 11) is 1.72. The number of ether oxygens (including phenoxy) is 1. The third-order valence-electron chi connectivity index (χ3n) is 2.85. The van der Waals surface area contributed by atoms with E-state index >= 15 is 0 Å². The van der Waals surface area contributed by atoms with Crippen molar-refractivity contribution < 1.29 is 9.53 Å². The van der Waals surface area contributed by atoms with E-state index < -0.39 is 0 Å². The molecule has 1 heterocycles. The van der Waals surface area contributed by atoms with Gasteiger partial charge in [0.05, 0.1) is 6.61 Å². The average molecular weight is 306 g/mol. The molecule has 0 saturated carbocycles. The molecule has 0 radical (unpaired) electrons. The quantitative estimate of drug-likeness (QED) is 0.770. The van der Waals surface area contributed by atoms with Crippen molar-refractivity contribution >= 4 is 17.5 Å². The third-order valence-corrected chi connectivity index (χ3v) is 3.05. The predicted octanol–water partition coefficient (Wildman–Crippen LogP) is 2.67. The fourth-order valence-corrected chi connectivity index (χ4v) is 1.84. The molecule has 0 unspecified atom stereocenters. The van der Waals surface area contributed by atoms with Crippen molar-refractivity contribution in [2.24, 2.45) is 0 Å². The van der Waals surface area contributed by atoms with Crippen LogP contribution in [0.25, 0.3) is 0 Å². The standard InChI is InChI=1S/C15H16ClN3O2/c1-19(15(20)13-8-9-14(16)18-17-13)10-5-11-21-12-6-3-2-4-7-12/h2-4,6-9H,5,10-11H2,1H3. The lowest BCUT2D eigenvalue weighted by Gasteiger charge is -2.16. The van der Waals surface area contributed by atoms with Crippen LogP contribution >= 0.6 is 11.6 Å². The molecule has 5 nitrogen and oxygen atoms in total. The zero-order chi connectivity index (χ0) is 15.1. The van der Waals surface area contributed by atoms with Crippen molar-refractivity contribution in [1.82, 2.24) is 15.1 Å². The minimum atomic E-state index is -0.182. The number of benzene rings is 1. The highest BCUT2D eigenvalue weighted by atomic mass is 35.5. The Kier molecular flexibility index (Phi) is 5.51. The molecule has 0 spiro atoms. The van der Waals surface area contributed by atoms with Gasteiger partial charge < -0.3 is 9.64 Å². The van der Waals surface area contributed by atoms with Crippen molar-refractivity contribution in [3.05, 3.63) is 53.3 Å². The fraction of sp³-hybridized carbons (Fsp3) is 0.267. The Morgan fingerprint density at radius 2 is 1.95 bits per heavy atom. The molecule has 2 aromatic rings. The van der Waals surface area contributed by atoms with Gasteiger partial charge in [-0.25, -0.2) is 0 Å². The molecule has 1 aromatic heterocycles. The van der Waals surface area contributed by atoms with Crippen LogP contribution in [0.1, 0.15) is 16.9 Å². The van der Waals surface area contributed by atoms with Crippen LogP contribution < -0.4 is 4.74 Å². The molecule has 0 aliphatic rings. The van der Waals surface area contributed by atoms with Crippen LogP contribution in [-0.4, -0.2) is 41.2 Å². The Balaban J connectivity index is 1.75. The largest absolute Gasteiger partial charge is 0.494 e. The fourth-order valence-electron chi connectivity index (χ4n) is 1.74. The number of aromatic nitrogens is 2. The van der Waals surface area contributed by atoms with Gasteiger partial charge in [0.15, 0.2) is 10.8 Å². The van der Waals surface area contributed by atoms with Crippen molar-refractivity contribution in [2.75, 3.05) is 20.2 Å². The van der Waals surface area contributed by atoms with E-state index in [0.717, 1.165) is 12.2 Å². The van der Waals surface area contributed by atoms with E-state index in [-0.39, 0.29) is 16.8 Å². The Bertz CT molecular complexity index is 575. The second-order valence-electron chi connectivity index (χ2n) is 4.48. The molecule has 6 heteroatoms. The molecule has 1 amide bonds. The molecule has 0 fully saturated rings. The van der Waals surface area contributed by atoms with Crippen molar-refractivity contribution in [3.63, 3.8) is 0 Å². The normalized spacial score (nSPS) is 10.2. The van der Waals surface area contributed by atoms with Gasteiger partial charge in [-0.15, -0.1) is 10.2 Å². The third kappa shape index (κ3) is 4.72. The van der Waals surface area contributed by atoms with Crippen LogP contribution in [0.4, 0.5) is 0 Å². The van der Waals surface area contributed by atoms with E-state index in [4.69, 9.17) is 16.3 Å². The van der Waals surface area contributed by atoms with Crippen LogP contribution in [0.5, 0.6) is 5.75 Å². The van der Waals surface area contributed by atoms with Gasteiger partial charge in [-0.05, 0) is 30.7 Å². The second kappa shape index (κ2) is 7.59. The summed E-state index contributed by atoms with van der Waals surface area (Å²) < 4.78 is 5.57. The molecule has 0 N–H and O–H groups in total. The number of carbonyl (C=O) groups excluding carboxylic acids is 1. The van der Waals surface area contributed by atoms with Gasteiger partial charge in [-0.1, -0.05) is 29.8 Å². The number of nitrogens with zero attached hydrogens (tertiary/aromatic N) is 3. The molecule has 110 valence electrons. The molecule has 0 bridgehead atoms. The van der Waals surface area contributed by atoms with Crippen LogP contribution in [0.2, 0.25) is 5.15 Å². The first-order valence-electron chi connectivity index (χ1n) is 6.59. The van der Waals surface area contributed by atoms with Gasteiger partial charge in [0.25, 0.3) is 5.91 Å². The molecular weight excluding hydrogens is 290 g/mol. The zero-order valence-electron chi connectivity index (χ0n) is 11.7. The SMILES string of the molecule is CN(CCCOc1ccccc1)C(=O)c1ccc(Cl)nn1. The summed E-state index contributed by atoms with van der Waals surface area (Å²) in [6, 6.07) is 12.7. The second-order valence-corrected chi connectivity index (χ2v) is 4.87. The summed E-state index contributed by atoms with van der Waals surface area (Å²) in [5.41, 5.74) is 0.283. The Morgan fingerprint density at radius 1 is 1.19 bits per heavy atom. The number of amides is 1. The van der Waals surface area contributed by atoms with Crippen molar-refractivity contribution in [3.8, 4) is 5.75 Å². The monoisotopic (exact) mass is 305 g/mol. The average Bonchev–Trinajstić information content (AvgIpc) is 2.52. The Labute approximate surface area is 128 Å². The van der Waals surface area contributed by atoms with Gasteiger partial charge in [0, 0.05) is 13.6 Å². The van der Waals surface area contributed by atoms with E-state index in [1.807, 2.05) is 30.3 Å². The summed E-state index contributed by atoms with van der Waals surface area (Å²) in [6.07, 6.45) is 0.734. The molecule has 1 aromatic carbocycles. The summed E-state index contributed by atoms with van der Waals surface area (Å²) in [4.78, 5) is 13.6. The van der Waals surface area contributed by atoms with E-state index in [0.29, 0.717) is 13.2 Å². The maximum absolute atomic E-state index is 12.1. The Morgan fingerprint density at radius 3 is 2.62 bits per heavy atom. The molecule has 2 rings (SSSR count). The summed E-state index contributed by atoms with van der Waals surface area (Å²) >= 11 is 5.64. The zero-order valence-corrected chi connectivity index (χ0v) is 12.5. The van der Waals surface area contributed by atoms with Crippen LogP contribution in [0, 0.1) is 0 Å². The number of para-hydroxylation sites is 1. The van der Waals surface area contributed by atoms with Crippen LogP contribution in [0.15, 0.2) is 42.5 Å². The van der Waals surface area contributed by atoms with Gasteiger partial charge >= 0.3 is 0 Å². The number of rotatable bonds is 6. The van der Waals surface area contributed by atoms with E-state index in [9.17, 15) is 4.79 Å². The van der Waals surface area contributed by atoms with Crippen LogP contribution in [-0.2, 0) is 0 Å². The lowest BCUT2D eigenvalue weighted by atomic mass is 10.3. The highest BCUT2D eigenvalue weighted by Gasteiger charge is 2.13. The van der Waals surface area contributed by atoms with E-state index in [1.54, 1.807) is 24.1 Å². The topological polar surface area (TPSA) is 55.3 Å². The summed E-state index contributed by atoms with van der Waals surface area (Å²) in [5.74, 6) is 0.647. The van der Waals surface area contributed by atoms with Gasteiger partial charge in [-0.3, -0.25) is 4.79 Å². The van der Waals surface area contributed by atoms with E-state index in [2.05, 4.69) is 10.2 Å². The molecule has 0 aliphatic heterocycles. The predicted molar refractivity (Wildman–Crippen MR) is 80.6 cm³/mol. The maximum atomic E-state index is 12.1. The molecule has 0 saturated heterocycles. The number of halogens is 1.